The van der Waals surface area contributed by atoms with Crippen LogP contribution in [0.5, 0.6) is 0 Å². The van der Waals surface area contributed by atoms with Gasteiger partial charge in [0.1, 0.15) is 0 Å². The number of halogens is 1. The predicted molar refractivity (Wildman–Crippen MR) is 148 cm³/mol. The van der Waals surface area contributed by atoms with Crippen molar-refractivity contribution in [3.05, 3.63) is 101 Å². The summed E-state index contributed by atoms with van der Waals surface area (Å²) in [5.41, 5.74) is 5.65. The Morgan fingerprint density at radius 1 is 0.921 bits per heavy atom. The molecule has 8 heteroatoms. The number of hydrogen-bond donors (Lipinski definition) is 2. The molecule has 1 fully saturated rings. The zero-order chi connectivity index (χ0) is 26.9. The van der Waals surface area contributed by atoms with Gasteiger partial charge in [0.05, 0.1) is 25.0 Å². The minimum absolute atomic E-state index is 0.0159. The Hall–Kier alpha value is -3.39. The highest BCUT2D eigenvalue weighted by molar-refractivity contribution is 6.30. The van der Waals surface area contributed by atoms with Crippen molar-refractivity contribution >= 4 is 29.1 Å². The van der Waals surface area contributed by atoms with E-state index >= 15 is 0 Å². The van der Waals surface area contributed by atoms with Crippen molar-refractivity contribution in [3.8, 4) is 0 Å². The third kappa shape index (κ3) is 6.92. The van der Waals surface area contributed by atoms with Gasteiger partial charge < -0.3 is 14.5 Å². The summed E-state index contributed by atoms with van der Waals surface area (Å²) in [5, 5.41) is 10.3. The van der Waals surface area contributed by atoms with Crippen molar-refractivity contribution < 1.29 is 19.5 Å². The van der Waals surface area contributed by atoms with E-state index in [0.717, 1.165) is 28.8 Å². The van der Waals surface area contributed by atoms with E-state index in [1.165, 1.54) is 0 Å². The summed E-state index contributed by atoms with van der Waals surface area (Å²) in [6.45, 7) is 4.71. The number of piperazine rings is 1. The first-order valence-electron chi connectivity index (χ1n) is 12.9. The van der Waals surface area contributed by atoms with Gasteiger partial charge in [-0.2, -0.15) is 0 Å². The molecule has 200 valence electrons. The molecule has 38 heavy (non-hydrogen) atoms. The molecule has 0 unspecified atom stereocenters. The summed E-state index contributed by atoms with van der Waals surface area (Å²) in [5.74, 6) is -2.50. The van der Waals surface area contributed by atoms with Gasteiger partial charge in [-0.25, -0.2) is 5.48 Å². The van der Waals surface area contributed by atoms with Gasteiger partial charge in [0, 0.05) is 36.9 Å². The average Bonchev–Trinajstić information content (AvgIpc) is 2.97. The molecule has 0 aliphatic carbocycles. The highest BCUT2D eigenvalue weighted by atomic mass is 35.5. The number of benzene rings is 3. The van der Waals surface area contributed by atoms with E-state index in [1.54, 1.807) is 10.4 Å². The highest BCUT2D eigenvalue weighted by Crippen LogP contribution is 2.30. The predicted octanol–water partition coefficient (Wildman–Crippen LogP) is 4.67. The standard InChI is InChI=1S/C30H34ClN3O4/c1-2-22-8-10-24(11-9-22)28(27(29(35)32-37)21-38-20-23-6-4-3-5-7-23)30(36)34-18-16-33(17-19-34)26-14-12-25(31)13-15-26/h3-15,27-28,37H,2,16-21H2,1H3,(H,32,35)/t27-,28+/m0/s1. The van der Waals surface area contributed by atoms with E-state index in [4.69, 9.17) is 16.3 Å². The van der Waals surface area contributed by atoms with E-state index in [0.29, 0.717) is 37.8 Å². The molecule has 3 aromatic carbocycles. The van der Waals surface area contributed by atoms with Crippen LogP contribution in [0.25, 0.3) is 0 Å². The maximum absolute atomic E-state index is 14.0. The smallest absolute Gasteiger partial charge is 0.249 e. The molecule has 1 aliphatic rings. The molecule has 2 atom stereocenters. The van der Waals surface area contributed by atoms with Gasteiger partial charge in [-0.3, -0.25) is 14.8 Å². The number of ether oxygens (including phenoxy) is 1. The quantitative estimate of drug-likeness (QED) is 0.291. The SMILES string of the molecule is CCc1ccc([C@@H](C(=O)N2CCN(c3ccc(Cl)cc3)CC2)[C@H](COCc2ccccc2)C(=O)NO)cc1. The summed E-state index contributed by atoms with van der Waals surface area (Å²) >= 11 is 6.03. The molecule has 2 amide bonds. The van der Waals surface area contributed by atoms with Gasteiger partial charge in [-0.05, 0) is 47.4 Å². The maximum Gasteiger partial charge on any atom is 0.249 e. The lowest BCUT2D eigenvalue weighted by molar-refractivity contribution is -0.144. The Bertz CT molecular complexity index is 1180. The Morgan fingerprint density at radius 2 is 1.58 bits per heavy atom. The van der Waals surface area contributed by atoms with Crippen LogP contribution in [0.3, 0.4) is 0 Å². The second-order valence-electron chi connectivity index (χ2n) is 9.44. The zero-order valence-electron chi connectivity index (χ0n) is 21.6. The molecule has 7 nitrogen and oxygen atoms in total. The number of hydrogen-bond acceptors (Lipinski definition) is 5. The second-order valence-corrected chi connectivity index (χ2v) is 9.88. The van der Waals surface area contributed by atoms with Crippen molar-refractivity contribution in [2.24, 2.45) is 5.92 Å². The van der Waals surface area contributed by atoms with Crippen LogP contribution in [0, 0.1) is 5.92 Å². The second kappa shape index (κ2) is 13.4. The normalized spacial score (nSPS) is 15.1. The van der Waals surface area contributed by atoms with Gasteiger partial charge in [0.25, 0.3) is 0 Å². The molecule has 3 aromatic rings. The molecular formula is C30H34ClN3O4. The topological polar surface area (TPSA) is 82.1 Å². The van der Waals surface area contributed by atoms with Crippen LogP contribution in [0.15, 0.2) is 78.9 Å². The van der Waals surface area contributed by atoms with Gasteiger partial charge in [0.15, 0.2) is 0 Å². The molecule has 0 saturated carbocycles. The Morgan fingerprint density at radius 3 is 2.18 bits per heavy atom. The molecule has 0 bridgehead atoms. The van der Waals surface area contributed by atoms with Gasteiger partial charge in [-0.15, -0.1) is 0 Å². The monoisotopic (exact) mass is 535 g/mol. The minimum Gasteiger partial charge on any atom is -0.376 e. The average molecular weight is 536 g/mol. The summed E-state index contributed by atoms with van der Waals surface area (Å²) < 4.78 is 5.91. The highest BCUT2D eigenvalue weighted by Gasteiger charge is 2.38. The molecule has 1 heterocycles. The number of amides is 2. The van der Waals surface area contributed by atoms with Crippen LogP contribution < -0.4 is 10.4 Å². The first-order chi connectivity index (χ1) is 18.5. The lowest BCUT2D eigenvalue weighted by Crippen LogP contribution is -2.52. The Labute approximate surface area is 228 Å². The van der Waals surface area contributed by atoms with Crippen LogP contribution >= 0.6 is 11.6 Å². The number of aryl methyl sites for hydroxylation is 1. The lowest BCUT2D eigenvalue weighted by Gasteiger charge is -2.38. The van der Waals surface area contributed by atoms with Crippen molar-refractivity contribution in [3.63, 3.8) is 0 Å². The first-order valence-corrected chi connectivity index (χ1v) is 13.3. The molecule has 0 spiro atoms. The largest absolute Gasteiger partial charge is 0.376 e. The maximum atomic E-state index is 14.0. The number of anilines is 1. The van der Waals surface area contributed by atoms with Crippen molar-refractivity contribution in [1.29, 1.82) is 0 Å². The lowest BCUT2D eigenvalue weighted by atomic mass is 9.84. The Kier molecular flexibility index (Phi) is 9.76. The molecular weight excluding hydrogens is 502 g/mol. The number of hydroxylamine groups is 1. The van der Waals surface area contributed by atoms with Crippen LogP contribution in [0.1, 0.15) is 29.5 Å². The molecule has 4 rings (SSSR count). The summed E-state index contributed by atoms with van der Waals surface area (Å²) in [6, 6.07) is 25.1. The van der Waals surface area contributed by atoms with E-state index in [-0.39, 0.29) is 12.5 Å². The number of nitrogens with one attached hydrogen (secondary N) is 1. The third-order valence-corrected chi connectivity index (χ3v) is 7.31. The number of nitrogens with zero attached hydrogens (tertiary/aromatic N) is 2. The van der Waals surface area contributed by atoms with Crippen LogP contribution in [0.2, 0.25) is 5.02 Å². The van der Waals surface area contributed by atoms with E-state index in [1.807, 2.05) is 78.9 Å². The van der Waals surface area contributed by atoms with Crippen LogP contribution in [-0.4, -0.2) is 54.7 Å². The summed E-state index contributed by atoms with van der Waals surface area (Å²) in [7, 11) is 0. The van der Waals surface area contributed by atoms with Gasteiger partial charge in [-0.1, -0.05) is 73.1 Å². The van der Waals surface area contributed by atoms with E-state index in [2.05, 4.69) is 11.8 Å². The molecule has 2 N–H and O–H groups in total. The van der Waals surface area contributed by atoms with Gasteiger partial charge >= 0.3 is 0 Å². The molecule has 1 saturated heterocycles. The zero-order valence-corrected chi connectivity index (χ0v) is 22.3. The first kappa shape index (κ1) is 27.6. The summed E-state index contributed by atoms with van der Waals surface area (Å²) in [6.07, 6.45) is 0.867. The fraction of sp³-hybridized carbons (Fsp3) is 0.333. The van der Waals surface area contributed by atoms with Crippen molar-refractivity contribution in [1.82, 2.24) is 10.4 Å². The number of rotatable bonds is 10. The molecule has 0 radical (unpaired) electrons. The fourth-order valence-electron chi connectivity index (χ4n) is 4.83. The Balaban J connectivity index is 1.53. The third-order valence-electron chi connectivity index (χ3n) is 7.05. The molecule has 1 aliphatic heterocycles. The fourth-order valence-corrected chi connectivity index (χ4v) is 4.95. The van der Waals surface area contributed by atoms with E-state index < -0.39 is 17.7 Å². The summed E-state index contributed by atoms with van der Waals surface area (Å²) in [4.78, 5) is 30.9. The van der Waals surface area contributed by atoms with Crippen molar-refractivity contribution in [2.45, 2.75) is 25.9 Å². The van der Waals surface area contributed by atoms with Crippen LogP contribution in [-0.2, 0) is 27.4 Å². The van der Waals surface area contributed by atoms with Gasteiger partial charge in [0.2, 0.25) is 11.8 Å². The van der Waals surface area contributed by atoms with Crippen molar-refractivity contribution in [2.75, 3.05) is 37.7 Å². The number of carbonyl (C=O) groups is 2. The number of carbonyl (C=O) groups excluding carboxylic acids is 2. The van der Waals surface area contributed by atoms with E-state index in [9.17, 15) is 14.8 Å². The van der Waals surface area contributed by atoms with Crippen LogP contribution in [0.4, 0.5) is 5.69 Å². The molecule has 0 aromatic heterocycles. The minimum atomic E-state index is -0.905.